The first-order chi connectivity index (χ1) is 10.8. The molecule has 1 atom stereocenters. The largest absolute Gasteiger partial charge is 0.416 e. The second kappa shape index (κ2) is 7.02. The number of alkyl halides is 3. The van der Waals surface area contributed by atoms with Gasteiger partial charge < -0.3 is 10.2 Å². The second-order valence-corrected chi connectivity index (χ2v) is 5.56. The Morgan fingerprint density at radius 1 is 1.35 bits per heavy atom. The highest BCUT2D eigenvalue weighted by Gasteiger charge is 2.32. The lowest BCUT2D eigenvalue weighted by Crippen LogP contribution is -2.45. The summed E-state index contributed by atoms with van der Waals surface area (Å²) < 4.78 is 38.2. The van der Waals surface area contributed by atoms with Crippen LogP contribution in [0.15, 0.2) is 24.3 Å². The van der Waals surface area contributed by atoms with E-state index in [0.717, 1.165) is 12.1 Å². The van der Waals surface area contributed by atoms with Crippen molar-refractivity contribution in [2.45, 2.75) is 25.9 Å². The van der Waals surface area contributed by atoms with Gasteiger partial charge in [-0.25, -0.2) is 0 Å². The zero-order valence-electron chi connectivity index (χ0n) is 12.8. The molecule has 0 bridgehead atoms. The number of piperidine rings is 1. The fourth-order valence-electron chi connectivity index (χ4n) is 2.71. The van der Waals surface area contributed by atoms with Crippen molar-refractivity contribution in [1.82, 2.24) is 10.2 Å². The Labute approximate surface area is 132 Å². The number of hydrogen-bond acceptors (Lipinski definition) is 2. The van der Waals surface area contributed by atoms with E-state index in [-0.39, 0.29) is 23.9 Å². The van der Waals surface area contributed by atoms with Crippen LogP contribution >= 0.6 is 0 Å². The summed E-state index contributed by atoms with van der Waals surface area (Å²) in [6, 6.07) is 4.39. The number of nitrogens with zero attached hydrogens (tertiary/aromatic N) is 1. The summed E-state index contributed by atoms with van der Waals surface area (Å²) in [4.78, 5) is 25.8. The van der Waals surface area contributed by atoms with Crippen LogP contribution in [-0.2, 0) is 11.0 Å². The van der Waals surface area contributed by atoms with Crippen molar-refractivity contribution < 1.29 is 22.8 Å². The first-order valence-electron chi connectivity index (χ1n) is 7.57. The molecule has 2 rings (SSSR count). The number of amides is 2. The minimum absolute atomic E-state index is 0.00336. The number of nitrogens with one attached hydrogen (secondary N) is 1. The first-order valence-corrected chi connectivity index (χ1v) is 7.57. The maximum absolute atomic E-state index is 12.7. The summed E-state index contributed by atoms with van der Waals surface area (Å²) in [5.41, 5.74) is -0.850. The van der Waals surface area contributed by atoms with Gasteiger partial charge in [-0.15, -0.1) is 0 Å². The molecular weight excluding hydrogens is 309 g/mol. The van der Waals surface area contributed by atoms with Crippen molar-refractivity contribution in [2.24, 2.45) is 5.92 Å². The van der Waals surface area contributed by atoms with Crippen molar-refractivity contribution in [3.63, 3.8) is 0 Å². The van der Waals surface area contributed by atoms with Crippen LogP contribution in [0, 0.1) is 5.92 Å². The quantitative estimate of drug-likeness (QED) is 0.927. The van der Waals surface area contributed by atoms with Crippen molar-refractivity contribution >= 4 is 11.8 Å². The molecule has 2 amide bonds. The third kappa shape index (κ3) is 4.24. The Bertz CT molecular complexity index is 587. The molecule has 1 aromatic carbocycles. The molecule has 1 saturated heterocycles. The molecule has 1 fully saturated rings. The Hall–Kier alpha value is -2.05. The Kier molecular flexibility index (Phi) is 5.28. The lowest BCUT2D eigenvalue weighted by molar-refractivity contribution is -0.137. The second-order valence-electron chi connectivity index (χ2n) is 5.56. The zero-order valence-corrected chi connectivity index (χ0v) is 12.8. The summed E-state index contributed by atoms with van der Waals surface area (Å²) in [5, 5.41) is 2.72. The van der Waals surface area contributed by atoms with Gasteiger partial charge in [0.25, 0.3) is 5.91 Å². The molecule has 0 aliphatic carbocycles. The van der Waals surface area contributed by atoms with Gasteiger partial charge in [0.2, 0.25) is 5.91 Å². The van der Waals surface area contributed by atoms with E-state index in [2.05, 4.69) is 5.32 Å². The third-order valence-corrected chi connectivity index (χ3v) is 3.87. The Morgan fingerprint density at radius 2 is 2.09 bits per heavy atom. The van der Waals surface area contributed by atoms with Crippen LogP contribution in [0.2, 0.25) is 0 Å². The number of benzene rings is 1. The van der Waals surface area contributed by atoms with Crippen LogP contribution in [0.4, 0.5) is 13.2 Å². The number of likely N-dealkylation sites (tertiary alicyclic amines) is 1. The van der Waals surface area contributed by atoms with E-state index in [1.165, 1.54) is 17.0 Å². The first kappa shape index (κ1) is 17.3. The third-order valence-electron chi connectivity index (χ3n) is 3.87. The molecule has 0 spiro atoms. The zero-order chi connectivity index (χ0) is 17.0. The van der Waals surface area contributed by atoms with Gasteiger partial charge in [0.15, 0.2) is 0 Å². The van der Waals surface area contributed by atoms with Gasteiger partial charge in [0.05, 0.1) is 11.5 Å². The fourth-order valence-corrected chi connectivity index (χ4v) is 2.71. The topological polar surface area (TPSA) is 49.4 Å². The van der Waals surface area contributed by atoms with Gasteiger partial charge in [-0.05, 0) is 38.0 Å². The number of carbonyl (C=O) groups excluding carboxylic acids is 2. The Balaban J connectivity index is 2.12. The highest BCUT2D eigenvalue weighted by atomic mass is 19.4. The number of carbonyl (C=O) groups is 2. The fraction of sp³-hybridized carbons (Fsp3) is 0.500. The van der Waals surface area contributed by atoms with Crippen LogP contribution in [0.1, 0.15) is 35.7 Å². The molecule has 1 aromatic rings. The summed E-state index contributed by atoms with van der Waals surface area (Å²) in [6.07, 6.45) is -3.15. The SMILES string of the molecule is CCNC(=O)C1CCCN(C(=O)c2cccc(C(F)(F)F)c2)C1. The monoisotopic (exact) mass is 328 g/mol. The number of halogens is 3. The minimum Gasteiger partial charge on any atom is -0.356 e. The molecule has 1 heterocycles. The summed E-state index contributed by atoms with van der Waals surface area (Å²) in [5.74, 6) is -0.891. The summed E-state index contributed by atoms with van der Waals surface area (Å²) in [7, 11) is 0. The molecule has 23 heavy (non-hydrogen) atoms. The highest BCUT2D eigenvalue weighted by Crippen LogP contribution is 2.30. The van der Waals surface area contributed by atoms with E-state index in [1.54, 1.807) is 0 Å². The molecule has 0 radical (unpaired) electrons. The molecule has 1 N–H and O–H groups in total. The van der Waals surface area contributed by atoms with Crippen molar-refractivity contribution in [2.75, 3.05) is 19.6 Å². The lowest BCUT2D eigenvalue weighted by atomic mass is 9.96. The van der Waals surface area contributed by atoms with Gasteiger partial charge in [-0.3, -0.25) is 9.59 Å². The standard InChI is InChI=1S/C16H19F3N2O2/c1-2-20-14(22)12-6-4-8-21(10-12)15(23)11-5-3-7-13(9-11)16(17,18)19/h3,5,7,9,12H,2,4,6,8,10H2,1H3,(H,20,22). The van der Waals surface area contributed by atoms with E-state index in [9.17, 15) is 22.8 Å². The van der Waals surface area contributed by atoms with E-state index in [1.807, 2.05) is 6.92 Å². The molecule has 126 valence electrons. The van der Waals surface area contributed by atoms with Gasteiger partial charge in [0.1, 0.15) is 0 Å². The predicted octanol–water partition coefficient (Wildman–Crippen LogP) is 2.69. The van der Waals surface area contributed by atoms with Gasteiger partial charge in [0, 0.05) is 25.2 Å². The van der Waals surface area contributed by atoms with Crippen molar-refractivity contribution in [3.05, 3.63) is 35.4 Å². The summed E-state index contributed by atoms with van der Waals surface area (Å²) >= 11 is 0. The maximum atomic E-state index is 12.7. The highest BCUT2D eigenvalue weighted by molar-refractivity contribution is 5.95. The van der Waals surface area contributed by atoms with E-state index < -0.39 is 17.6 Å². The van der Waals surface area contributed by atoms with Crippen LogP contribution < -0.4 is 5.32 Å². The maximum Gasteiger partial charge on any atom is 0.416 e. The van der Waals surface area contributed by atoms with E-state index in [4.69, 9.17) is 0 Å². The van der Waals surface area contributed by atoms with Gasteiger partial charge >= 0.3 is 6.18 Å². The molecule has 4 nitrogen and oxygen atoms in total. The van der Waals surface area contributed by atoms with Gasteiger partial charge in [-0.1, -0.05) is 6.07 Å². The smallest absolute Gasteiger partial charge is 0.356 e. The van der Waals surface area contributed by atoms with Crippen LogP contribution in [0.3, 0.4) is 0 Å². The average Bonchev–Trinajstić information content (AvgIpc) is 2.54. The Morgan fingerprint density at radius 3 is 2.74 bits per heavy atom. The molecule has 1 aliphatic heterocycles. The lowest BCUT2D eigenvalue weighted by Gasteiger charge is -2.32. The molecule has 0 saturated carbocycles. The average molecular weight is 328 g/mol. The number of hydrogen-bond donors (Lipinski definition) is 1. The minimum atomic E-state index is -4.48. The van der Waals surface area contributed by atoms with Crippen LogP contribution in [-0.4, -0.2) is 36.3 Å². The van der Waals surface area contributed by atoms with Crippen molar-refractivity contribution in [3.8, 4) is 0 Å². The number of rotatable bonds is 3. The molecular formula is C16H19F3N2O2. The van der Waals surface area contributed by atoms with Gasteiger partial charge in [-0.2, -0.15) is 13.2 Å². The molecule has 1 unspecified atom stereocenters. The molecule has 1 aliphatic rings. The molecule has 7 heteroatoms. The van der Waals surface area contributed by atoms with Crippen LogP contribution in [0.5, 0.6) is 0 Å². The van der Waals surface area contributed by atoms with E-state index in [0.29, 0.717) is 25.9 Å². The summed E-state index contributed by atoms with van der Waals surface area (Å²) in [6.45, 7) is 3.01. The van der Waals surface area contributed by atoms with E-state index >= 15 is 0 Å². The predicted molar refractivity (Wildman–Crippen MR) is 78.8 cm³/mol. The normalized spacial score (nSPS) is 18.6. The van der Waals surface area contributed by atoms with Crippen molar-refractivity contribution in [1.29, 1.82) is 0 Å². The molecule has 0 aromatic heterocycles. The van der Waals surface area contributed by atoms with Crippen LogP contribution in [0.25, 0.3) is 0 Å².